The summed E-state index contributed by atoms with van der Waals surface area (Å²) in [4.78, 5) is 37.5. The first-order valence-electron chi connectivity index (χ1n) is 8.37. The van der Waals surface area contributed by atoms with E-state index in [1.165, 1.54) is 0 Å². The van der Waals surface area contributed by atoms with Crippen LogP contribution < -0.4 is 10.2 Å². The fourth-order valence-corrected chi connectivity index (χ4v) is 3.28. The van der Waals surface area contributed by atoms with E-state index in [9.17, 15) is 14.4 Å². The number of para-hydroxylation sites is 1. The average molecular weight is 330 g/mol. The smallest absolute Gasteiger partial charge is 0.306 e. The summed E-state index contributed by atoms with van der Waals surface area (Å²) in [5.74, 6) is -1.32. The molecule has 0 aliphatic heterocycles. The van der Waals surface area contributed by atoms with Gasteiger partial charge in [-0.25, -0.2) is 0 Å². The van der Waals surface area contributed by atoms with E-state index in [1.807, 2.05) is 0 Å². The normalized spacial score (nSPS) is 22.9. The second-order valence-corrected chi connectivity index (χ2v) is 6.71. The number of carboxylic acid groups (broad SMARTS) is 1. The van der Waals surface area contributed by atoms with Crippen LogP contribution in [-0.2, 0) is 9.59 Å². The Morgan fingerprint density at radius 3 is 2.38 bits per heavy atom. The van der Waals surface area contributed by atoms with Gasteiger partial charge in [-0.15, -0.1) is 0 Å². The van der Waals surface area contributed by atoms with Gasteiger partial charge in [0.05, 0.1) is 17.2 Å². The molecule has 128 valence electrons. The van der Waals surface area contributed by atoms with Crippen molar-refractivity contribution in [3.63, 3.8) is 0 Å². The molecule has 1 aromatic carbocycles. The van der Waals surface area contributed by atoms with Crippen molar-refractivity contribution in [2.75, 3.05) is 11.9 Å². The van der Waals surface area contributed by atoms with Crippen LogP contribution in [0.25, 0.3) is 0 Å². The monoisotopic (exact) mass is 330 g/mol. The molecule has 2 N–H and O–H groups in total. The van der Waals surface area contributed by atoms with Gasteiger partial charge in [0, 0.05) is 19.0 Å². The number of aliphatic carboxylic acids is 1. The number of hydrogen-bond donors (Lipinski definition) is 2. The number of rotatable bonds is 5. The maximum absolute atomic E-state index is 12.6. The zero-order chi connectivity index (χ0) is 17.3. The molecule has 2 saturated carbocycles. The maximum Gasteiger partial charge on any atom is 0.306 e. The van der Waals surface area contributed by atoms with Crippen molar-refractivity contribution in [2.45, 2.75) is 38.1 Å². The van der Waals surface area contributed by atoms with E-state index in [-0.39, 0.29) is 29.7 Å². The van der Waals surface area contributed by atoms with Gasteiger partial charge in [-0.3, -0.25) is 14.4 Å². The van der Waals surface area contributed by atoms with Gasteiger partial charge in [0.15, 0.2) is 0 Å². The highest BCUT2D eigenvalue weighted by Gasteiger charge is 2.34. The first-order valence-corrected chi connectivity index (χ1v) is 8.37. The lowest BCUT2D eigenvalue weighted by molar-refractivity contribution is -0.141. The van der Waals surface area contributed by atoms with Crippen molar-refractivity contribution < 1.29 is 19.5 Å². The van der Waals surface area contributed by atoms with E-state index >= 15 is 0 Å². The molecule has 0 unspecified atom stereocenters. The van der Waals surface area contributed by atoms with Crippen molar-refractivity contribution in [3.05, 3.63) is 29.8 Å². The van der Waals surface area contributed by atoms with Gasteiger partial charge in [0.1, 0.15) is 0 Å². The van der Waals surface area contributed by atoms with Crippen molar-refractivity contribution in [2.24, 2.45) is 11.8 Å². The lowest BCUT2D eigenvalue weighted by atomic mass is 10.1. The zero-order valence-corrected chi connectivity index (χ0v) is 13.7. The second kappa shape index (κ2) is 6.63. The SMILES string of the molecule is CN(C(=O)C1CC1)c1ccccc1C(=O)N[C@@H]1CC[C@H](C(=O)O)C1. The van der Waals surface area contributed by atoms with Crippen LogP contribution in [0, 0.1) is 11.8 Å². The predicted molar refractivity (Wildman–Crippen MR) is 88.8 cm³/mol. The highest BCUT2D eigenvalue weighted by atomic mass is 16.4. The standard InChI is InChI=1S/C18H22N2O4/c1-20(17(22)11-6-7-11)15-5-3-2-4-14(15)16(21)19-13-9-8-12(10-13)18(23)24/h2-5,11-13H,6-10H2,1H3,(H,19,21)(H,23,24)/t12-,13+/m0/s1. The number of benzene rings is 1. The van der Waals surface area contributed by atoms with Crippen LogP contribution in [0.3, 0.4) is 0 Å². The Labute approximate surface area is 140 Å². The highest BCUT2D eigenvalue weighted by molar-refractivity contribution is 6.05. The summed E-state index contributed by atoms with van der Waals surface area (Å²) < 4.78 is 0. The van der Waals surface area contributed by atoms with Crippen molar-refractivity contribution in [3.8, 4) is 0 Å². The molecule has 2 aliphatic carbocycles. The van der Waals surface area contributed by atoms with Gasteiger partial charge in [-0.1, -0.05) is 12.1 Å². The molecule has 6 heteroatoms. The van der Waals surface area contributed by atoms with E-state index in [4.69, 9.17) is 5.11 Å². The molecule has 0 bridgehead atoms. The third-order valence-electron chi connectivity index (χ3n) is 4.88. The summed E-state index contributed by atoms with van der Waals surface area (Å²) in [6, 6.07) is 6.91. The molecular weight excluding hydrogens is 308 g/mol. The van der Waals surface area contributed by atoms with Crippen LogP contribution in [0.2, 0.25) is 0 Å². The van der Waals surface area contributed by atoms with E-state index in [2.05, 4.69) is 5.32 Å². The Morgan fingerprint density at radius 2 is 1.75 bits per heavy atom. The molecule has 0 aromatic heterocycles. The lowest BCUT2D eigenvalue weighted by Gasteiger charge is -2.21. The summed E-state index contributed by atoms with van der Waals surface area (Å²) >= 11 is 0. The number of hydrogen-bond acceptors (Lipinski definition) is 3. The molecule has 2 atom stereocenters. The molecular formula is C18H22N2O4. The summed E-state index contributed by atoms with van der Waals surface area (Å²) in [7, 11) is 1.70. The average Bonchev–Trinajstić information content (AvgIpc) is 3.32. The number of carboxylic acids is 1. The van der Waals surface area contributed by atoms with E-state index in [0.717, 1.165) is 12.8 Å². The topological polar surface area (TPSA) is 86.7 Å². The van der Waals surface area contributed by atoms with Crippen LogP contribution in [-0.4, -0.2) is 36.0 Å². The van der Waals surface area contributed by atoms with Gasteiger partial charge < -0.3 is 15.3 Å². The van der Waals surface area contributed by atoms with Gasteiger partial charge in [0.2, 0.25) is 5.91 Å². The first kappa shape index (κ1) is 16.5. The number of amides is 2. The quantitative estimate of drug-likeness (QED) is 0.865. The first-order chi connectivity index (χ1) is 11.5. The molecule has 2 aliphatic rings. The van der Waals surface area contributed by atoms with Gasteiger partial charge in [-0.05, 0) is 44.2 Å². The highest BCUT2D eigenvalue weighted by Crippen LogP contribution is 2.33. The Kier molecular flexibility index (Phi) is 4.55. The third-order valence-corrected chi connectivity index (χ3v) is 4.88. The van der Waals surface area contributed by atoms with Gasteiger partial charge in [-0.2, -0.15) is 0 Å². The number of anilines is 1. The molecule has 0 radical (unpaired) electrons. The fourth-order valence-electron chi connectivity index (χ4n) is 3.28. The van der Waals surface area contributed by atoms with Crippen molar-refractivity contribution in [1.29, 1.82) is 0 Å². The molecule has 2 amide bonds. The van der Waals surface area contributed by atoms with E-state index in [0.29, 0.717) is 30.5 Å². The summed E-state index contributed by atoms with van der Waals surface area (Å²) in [6.07, 6.45) is 3.54. The second-order valence-electron chi connectivity index (χ2n) is 6.71. The van der Waals surface area contributed by atoms with Gasteiger partial charge >= 0.3 is 5.97 Å². The predicted octanol–water partition coefficient (Wildman–Crippen LogP) is 2.04. The molecule has 0 saturated heterocycles. The molecule has 2 fully saturated rings. The molecule has 24 heavy (non-hydrogen) atoms. The fraction of sp³-hybridized carbons (Fsp3) is 0.500. The third kappa shape index (κ3) is 3.42. The van der Waals surface area contributed by atoms with E-state index in [1.54, 1.807) is 36.2 Å². The molecule has 1 aromatic rings. The molecule has 0 heterocycles. The number of nitrogens with zero attached hydrogens (tertiary/aromatic N) is 1. The van der Waals surface area contributed by atoms with Crippen LogP contribution in [0.15, 0.2) is 24.3 Å². The Hall–Kier alpha value is -2.37. The minimum Gasteiger partial charge on any atom is -0.481 e. The minimum absolute atomic E-state index is 0.0436. The molecule has 6 nitrogen and oxygen atoms in total. The largest absolute Gasteiger partial charge is 0.481 e. The van der Waals surface area contributed by atoms with Crippen LogP contribution in [0.5, 0.6) is 0 Å². The maximum atomic E-state index is 12.6. The van der Waals surface area contributed by atoms with Crippen molar-refractivity contribution in [1.82, 2.24) is 5.32 Å². The summed E-state index contributed by atoms with van der Waals surface area (Å²) in [6.45, 7) is 0. The van der Waals surface area contributed by atoms with Crippen LogP contribution in [0.1, 0.15) is 42.5 Å². The lowest BCUT2D eigenvalue weighted by Crippen LogP contribution is -2.35. The van der Waals surface area contributed by atoms with Gasteiger partial charge in [0.25, 0.3) is 5.91 Å². The van der Waals surface area contributed by atoms with Crippen molar-refractivity contribution >= 4 is 23.5 Å². The molecule has 0 spiro atoms. The Bertz CT molecular complexity index is 669. The molecule has 3 rings (SSSR count). The number of carbonyl (C=O) groups excluding carboxylic acids is 2. The van der Waals surface area contributed by atoms with E-state index < -0.39 is 5.97 Å². The summed E-state index contributed by atoms with van der Waals surface area (Å²) in [5.41, 5.74) is 1.05. The van der Waals surface area contributed by atoms with Crippen LogP contribution in [0.4, 0.5) is 5.69 Å². The van der Waals surface area contributed by atoms with Crippen LogP contribution >= 0.6 is 0 Å². The number of nitrogens with one attached hydrogen (secondary N) is 1. The Balaban J connectivity index is 1.71. The summed E-state index contributed by atoms with van der Waals surface area (Å²) in [5, 5.41) is 12.0. The Morgan fingerprint density at radius 1 is 1.08 bits per heavy atom. The number of carbonyl (C=O) groups is 3. The minimum atomic E-state index is -0.804. The zero-order valence-electron chi connectivity index (χ0n) is 13.7.